The average molecular weight is 299 g/mol. The molecule has 0 radical (unpaired) electrons. The van der Waals surface area contributed by atoms with Crippen LogP contribution in [0, 0.1) is 0 Å². The summed E-state index contributed by atoms with van der Waals surface area (Å²) in [5, 5.41) is 15.5. The molecule has 0 aliphatic heterocycles. The molecule has 1 aromatic carbocycles. The Morgan fingerprint density at radius 1 is 1.27 bits per heavy atom. The molecule has 2 N–H and O–H groups in total. The van der Waals surface area contributed by atoms with Gasteiger partial charge < -0.3 is 9.67 Å². The number of imidazole rings is 1. The minimum Gasteiger partial charge on any atom is -0.477 e. The molecule has 0 bridgehead atoms. The van der Waals surface area contributed by atoms with Crippen molar-refractivity contribution in [3.05, 3.63) is 42.2 Å². The molecule has 1 amide bonds. The lowest BCUT2D eigenvalue weighted by atomic mass is 10.3. The number of hydrogen-bond donors (Lipinski definition) is 2. The fraction of sp³-hybridized carbons (Fsp3) is 0.143. The van der Waals surface area contributed by atoms with Crippen molar-refractivity contribution in [1.29, 1.82) is 0 Å². The van der Waals surface area contributed by atoms with E-state index >= 15 is 0 Å². The van der Waals surface area contributed by atoms with E-state index in [-0.39, 0.29) is 12.2 Å². The first-order valence-electron chi connectivity index (χ1n) is 6.52. The highest BCUT2D eigenvalue weighted by Gasteiger charge is 2.15. The lowest BCUT2D eigenvalue weighted by Gasteiger charge is -2.06. The van der Waals surface area contributed by atoms with Gasteiger partial charge in [-0.1, -0.05) is 12.1 Å². The molecule has 8 heteroatoms. The second kappa shape index (κ2) is 5.32. The Morgan fingerprint density at radius 2 is 2.05 bits per heavy atom. The van der Waals surface area contributed by atoms with Gasteiger partial charge in [0.2, 0.25) is 11.9 Å². The third kappa shape index (κ3) is 2.41. The number of amides is 1. The van der Waals surface area contributed by atoms with Crippen LogP contribution in [0.4, 0.5) is 5.95 Å². The molecule has 0 spiro atoms. The zero-order chi connectivity index (χ0) is 15.7. The van der Waals surface area contributed by atoms with Gasteiger partial charge in [0.05, 0.1) is 11.0 Å². The third-order valence-electron chi connectivity index (χ3n) is 3.27. The topological polar surface area (TPSA) is 102 Å². The lowest BCUT2D eigenvalue weighted by molar-refractivity contribution is -0.117. The van der Waals surface area contributed by atoms with Crippen LogP contribution >= 0.6 is 0 Å². The van der Waals surface area contributed by atoms with Crippen LogP contribution in [0.2, 0.25) is 0 Å². The number of rotatable bonds is 4. The molecule has 3 aromatic rings. The van der Waals surface area contributed by atoms with Crippen LogP contribution in [0.25, 0.3) is 11.0 Å². The molecular formula is C14H13N5O3. The van der Waals surface area contributed by atoms with Crippen molar-refractivity contribution in [2.45, 2.75) is 6.54 Å². The van der Waals surface area contributed by atoms with Gasteiger partial charge in [-0.05, 0) is 18.2 Å². The summed E-state index contributed by atoms with van der Waals surface area (Å²) in [7, 11) is 1.79. The van der Waals surface area contributed by atoms with Gasteiger partial charge in [-0.25, -0.2) is 14.5 Å². The number of aromatic carboxylic acids is 1. The Morgan fingerprint density at radius 3 is 2.77 bits per heavy atom. The number of nitrogens with zero attached hydrogens (tertiary/aromatic N) is 4. The van der Waals surface area contributed by atoms with E-state index in [1.165, 1.54) is 12.3 Å². The van der Waals surface area contributed by atoms with Gasteiger partial charge in [-0.3, -0.25) is 10.1 Å². The molecule has 0 unspecified atom stereocenters. The van der Waals surface area contributed by atoms with E-state index in [9.17, 15) is 9.59 Å². The quantitative estimate of drug-likeness (QED) is 0.751. The van der Waals surface area contributed by atoms with Gasteiger partial charge in [0.25, 0.3) is 0 Å². The fourth-order valence-corrected chi connectivity index (χ4v) is 2.20. The molecule has 0 fully saturated rings. The van der Waals surface area contributed by atoms with Crippen LogP contribution in [0.3, 0.4) is 0 Å². The molecule has 2 aromatic heterocycles. The molecule has 3 rings (SSSR count). The number of aryl methyl sites for hydroxylation is 1. The minimum absolute atomic E-state index is 0.0415. The standard InChI is InChI=1S/C14H13N5O3/c1-18-10-5-3-2-4-9(10)16-14(18)17-12(20)8-19-11(13(21)22)6-7-15-19/h2-7H,8H2,1H3,(H,21,22)(H,16,17,20). The van der Waals surface area contributed by atoms with Gasteiger partial charge in [-0.2, -0.15) is 5.10 Å². The molecule has 112 valence electrons. The van der Waals surface area contributed by atoms with E-state index in [0.717, 1.165) is 15.7 Å². The zero-order valence-electron chi connectivity index (χ0n) is 11.7. The minimum atomic E-state index is -1.13. The summed E-state index contributed by atoms with van der Waals surface area (Å²) in [6.07, 6.45) is 1.34. The number of benzene rings is 1. The third-order valence-corrected chi connectivity index (χ3v) is 3.27. The monoisotopic (exact) mass is 299 g/mol. The van der Waals surface area contributed by atoms with E-state index in [2.05, 4.69) is 15.4 Å². The predicted molar refractivity (Wildman–Crippen MR) is 78.5 cm³/mol. The molecule has 22 heavy (non-hydrogen) atoms. The van der Waals surface area contributed by atoms with Crippen molar-refractivity contribution in [1.82, 2.24) is 19.3 Å². The van der Waals surface area contributed by atoms with Gasteiger partial charge in [-0.15, -0.1) is 0 Å². The SMILES string of the molecule is Cn1c(NC(=O)Cn2nccc2C(=O)O)nc2ccccc21. The molecule has 0 aliphatic rings. The van der Waals surface area contributed by atoms with Crippen molar-refractivity contribution in [3.8, 4) is 0 Å². The summed E-state index contributed by atoms with van der Waals surface area (Å²) in [6, 6.07) is 8.84. The van der Waals surface area contributed by atoms with Crippen LogP contribution in [-0.2, 0) is 18.4 Å². The second-order valence-corrected chi connectivity index (χ2v) is 4.71. The van der Waals surface area contributed by atoms with Crippen LogP contribution in [0.5, 0.6) is 0 Å². The summed E-state index contributed by atoms with van der Waals surface area (Å²) < 4.78 is 2.88. The van der Waals surface area contributed by atoms with Gasteiger partial charge in [0.1, 0.15) is 12.2 Å². The molecule has 0 atom stereocenters. The van der Waals surface area contributed by atoms with Crippen molar-refractivity contribution >= 4 is 28.9 Å². The number of hydrogen-bond acceptors (Lipinski definition) is 4. The second-order valence-electron chi connectivity index (χ2n) is 4.71. The van der Waals surface area contributed by atoms with Crippen molar-refractivity contribution in [2.24, 2.45) is 7.05 Å². The number of para-hydroxylation sites is 2. The van der Waals surface area contributed by atoms with Gasteiger partial charge in [0, 0.05) is 13.2 Å². The number of nitrogens with one attached hydrogen (secondary N) is 1. The average Bonchev–Trinajstić information content (AvgIpc) is 3.05. The van der Waals surface area contributed by atoms with Gasteiger partial charge >= 0.3 is 5.97 Å². The number of fused-ring (bicyclic) bond motifs is 1. The Bertz CT molecular complexity index is 864. The summed E-state index contributed by atoms with van der Waals surface area (Å²) in [5.74, 6) is -1.13. The van der Waals surface area contributed by atoms with E-state index < -0.39 is 11.9 Å². The summed E-state index contributed by atoms with van der Waals surface area (Å²) in [6.45, 7) is -0.197. The first-order chi connectivity index (χ1) is 10.6. The molecular weight excluding hydrogens is 286 g/mol. The van der Waals surface area contributed by atoms with E-state index in [1.54, 1.807) is 11.6 Å². The van der Waals surface area contributed by atoms with Crippen LogP contribution in [0.15, 0.2) is 36.5 Å². The molecule has 0 aliphatic carbocycles. The lowest BCUT2D eigenvalue weighted by Crippen LogP contribution is -2.23. The van der Waals surface area contributed by atoms with E-state index in [4.69, 9.17) is 5.11 Å². The fourth-order valence-electron chi connectivity index (χ4n) is 2.20. The van der Waals surface area contributed by atoms with Crippen LogP contribution in [0.1, 0.15) is 10.5 Å². The highest BCUT2D eigenvalue weighted by atomic mass is 16.4. The first-order valence-corrected chi connectivity index (χ1v) is 6.52. The van der Waals surface area contributed by atoms with Crippen molar-refractivity contribution in [3.63, 3.8) is 0 Å². The molecule has 0 saturated heterocycles. The summed E-state index contributed by atoms with van der Waals surface area (Å²) >= 11 is 0. The normalized spacial score (nSPS) is 10.8. The molecule has 8 nitrogen and oxygen atoms in total. The smallest absolute Gasteiger partial charge is 0.354 e. The highest BCUT2D eigenvalue weighted by Crippen LogP contribution is 2.17. The van der Waals surface area contributed by atoms with Crippen LogP contribution < -0.4 is 5.32 Å². The molecule has 2 heterocycles. The number of carbonyl (C=O) groups is 2. The maximum atomic E-state index is 12.1. The Balaban J connectivity index is 1.80. The predicted octanol–water partition coefficient (Wildman–Crippen LogP) is 1.11. The summed E-state index contributed by atoms with van der Waals surface area (Å²) in [4.78, 5) is 27.4. The number of aromatic nitrogens is 4. The first kappa shape index (κ1) is 13.8. The number of carbonyl (C=O) groups excluding carboxylic acids is 1. The van der Waals surface area contributed by atoms with E-state index in [1.807, 2.05) is 24.3 Å². The van der Waals surface area contributed by atoms with Gasteiger partial charge in [0.15, 0.2) is 0 Å². The number of carboxylic acid groups (broad SMARTS) is 1. The zero-order valence-corrected chi connectivity index (χ0v) is 11.7. The number of anilines is 1. The summed E-state index contributed by atoms with van der Waals surface area (Å²) in [5.41, 5.74) is 1.62. The maximum absolute atomic E-state index is 12.1. The highest BCUT2D eigenvalue weighted by molar-refractivity contribution is 5.92. The van der Waals surface area contributed by atoms with E-state index in [0.29, 0.717) is 5.95 Å². The Labute approximate surface area is 125 Å². The number of carboxylic acids is 1. The van der Waals surface area contributed by atoms with Crippen LogP contribution in [-0.4, -0.2) is 36.3 Å². The molecule has 0 saturated carbocycles. The Kier molecular flexibility index (Phi) is 3.34. The van der Waals surface area contributed by atoms with Crippen molar-refractivity contribution in [2.75, 3.05) is 5.32 Å². The largest absolute Gasteiger partial charge is 0.477 e. The maximum Gasteiger partial charge on any atom is 0.354 e. The van der Waals surface area contributed by atoms with Crippen molar-refractivity contribution < 1.29 is 14.7 Å². The Hall–Kier alpha value is -3.16.